The second kappa shape index (κ2) is 6.00. The highest BCUT2D eigenvalue weighted by Crippen LogP contribution is 2.29. The van der Waals surface area contributed by atoms with Crippen LogP contribution in [0.15, 0.2) is 42.7 Å². The Morgan fingerprint density at radius 3 is 2.76 bits per heavy atom. The van der Waals surface area contributed by atoms with Crippen LogP contribution < -0.4 is 0 Å². The summed E-state index contributed by atoms with van der Waals surface area (Å²) in [4.78, 5) is 2.45. The molecule has 1 atom stereocenters. The summed E-state index contributed by atoms with van der Waals surface area (Å²) in [5.74, 6) is 0. The van der Waals surface area contributed by atoms with E-state index in [1.165, 1.54) is 12.0 Å². The Kier molecular flexibility index (Phi) is 4.08. The zero-order valence-corrected chi connectivity index (χ0v) is 12.6. The Morgan fingerprint density at radius 2 is 2.10 bits per heavy atom. The Balaban J connectivity index is 1.65. The topological polar surface area (TPSA) is 41.3 Å². The number of aliphatic hydroxyl groups is 1. The molecule has 2 aromatic rings. The molecule has 3 rings (SSSR count). The molecule has 1 fully saturated rings. The van der Waals surface area contributed by atoms with Gasteiger partial charge >= 0.3 is 0 Å². The van der Waals surface area contributed by atoms with E-state index in [0.717, 1.165) is 31.7 Å². The predicted molar refractivity (Wildman–Crippen MR) is 83.3 cm³/mol. The van der Waals surface area contributed by atoms with E-state index in [9.17, 15) is 5.11 Å². The number of aliphatic hydroxyl groups excluding tert-OH is 1. The Bertz CT molecular complexity index is 564. The average Bonchev–Trinajstić information content (AvgIpc) is 3.02. The third kappa shape index (κ3) is 3.34. The van der Waals surface area contributed by atoms with Crippen LogP contribution in [0.3, 0.4) is 0 Å². The van der Waals surface area contributed by atoms with Crippen LogP contribution in [0.5, 0.6) is 0 Å². The van der Waals surface area contributed by atoms with Crippen molar-refractivity contribution < 1.29 is 5.11 Å². The highest BCUT2D eigenvalue weighted by atomic mass is 16.3. The number of piperidine rings is 1. The molecule has 0 radical (unpaired) electrons. The van der Waals surface area contributed by atoms with E-state index in [1.807, 2.05) is 16.9 Å². The summed E-state index contributed by atoms with van der Waals surface area (Å²) in [6.45, 7) is 5.51. The van der Waals surface area contributed by atoms with Crippen LogP contribution in [0.2, 0.25) is 0 Å². The molecule has 0 bridgehead atoms. The molecule has 1 aliphatic heterocycles. The summed E-state index contributed by atoms with van der Waals surface area (Å²) in [6.07, 6.45) is 6.03. The molecule has 2 heterocycles. The van der Waals surface area contributed by atoms with Crippen LogP contribution in [-0.2, 0) is 6.54 Å². The summed E-state index contributed by atoms with van der Waals surface area (Å²) in [5, 5.41) is 13.8. The van der Waals surface area contributed by atoms with Crippen molar-refractivity contribution in [3.63, 3.8) is 0 Å². The van der Waals surface area contributed by atoms with E-state index in [1.54, 1.807) is 6.20 Å². The third-order valence-electron chi connectivity index (χ3n) is 4.35. The van der Waals surface area contributed by atoms with Crippen LogP contribution in [0.1, 0.15) is 25.3 Å². The van der Waals surface area contributed by atoms with Crippen LogP contribution >= 0.6 is 0 Å². The van der Waals surface area contributed by atoms with Crippen molar-refractivity contribution in [1.82, 2.24) is 14.7 Å². The maximum Gasteiger partial charge on any atom is 0.0645 e. The van der Waals surface area contributed by atoms with Crippen molar-refractivity contribution >= 4 is 0 Å². The molecule has 4 nitrogen and oxygen atoms in total. The zero-order chi connectivity index (χ0) is 14.7. The first-order valence-electron chi connectivity index (χ1n) is 7.61. The quantitative estimate of drug-likeness (QED) is 0.938. The molecule has 0 spiro atoms. The lowest BCUT2D eigenvalue weighted by molar-refractivity contribution is 0.0429. The Morgan fingerprint density at radius 1 is 1.29 bits per heavy atom. The van der Waals surface area contributed by atoms with E-state index in [2.05, 4.69) is 41.2 Å². The molecule has 0 amide bonds. The van der Waals surface area contributed by atoms with Gasteiger partial charge in [0, 0.05) is 37.5 Å². The molecular formula is C17H23N3O. The fourth-order valence-corrected chi connectivity index (χ4v) is 3.13. The van der Waals surface area contributed by atoms with E-state index in [4.69, 9.17) is 0 Å². The average molecular weight is 285 g/mol. The maximum absolute atomic E-state index is 9.54. The molecule has 112 valence electrons. The monoisotopic (exact) mass is 285 g/mol. The normalized spacial score (nSPS) is 23.3. The van der Waals surface area contributed by atoms with Gasteiger partial charge in [0.2, 0.25) is 0 Å². The number of aromatic nitrogens is 2. The first-order valence-corrected chi connectivity index (χ1v) is 7.61. The van der Waals surface area contributed by atoms with E-state index in [-0.39, 0.29) is 12.0 Å². The van der Waals surface area contributed by atoms with Gasteiger partial charge in [-0.05, 0) is 43.1 Å². The summed E-state index contributed by atoms with van der Waals surface area (Å²) in [7, 11) is 0. The SMILES string of the molecule is CC1(CO)CCCN(Cc2ccc(-n3cccn3)cc2)C1. The van der Waals surface area contributed by atoms with E-state index >= 15 is 0 Å². The molecule has 1 saturated heterocycles. The minimum absolute atomic E-state index is 0.0627. The highest BCUT2D eigenvalue weighted by molar-refractivity contribution is 5.33. The lowest BCUT2D eigenvalue weighted by Gasteiger charge is -2.39. The molecule has 0 saturated carbocycles. The van der Waals surface area contributed by atoms with Crippen molar-refractivity contribution in [3.05, 3.63) is 48.3 Å². The van der Waals surface area contributed by atoms with Gasteiger partial charge in [0.05, 0.1) is 5.69 Å². The van der Waals surface area contributed by atoms with Gasteiger partial charge in [-0.2, -0.15) is 5.10 Å². The number of hydrogen-bond acceptors (Lipinski definition) is 3. The number of likely N-dealkylation sites (tertiary alicyclic amines) is 1. The maximum atomic E-state index is 9.54. The number of benzene rings is 1. The molecule has 0 aliphatic carbocycles. The molecule has 1 aromatic carbocycles. The van der Waals surface area contributed by atoms with Gasteiger partial charge in [0.25, 0.3) is 0 Å². The smallest absolute Gasteiger partial charge is 0.0645 e. The van der Waals surface area contributed by atoms with Gasteiger partial charge in [0.15, 0.2) is 0 Å². The van der Waals surface area contributed by atoms with Gasteiger partial charge < -0.3 is 5.11 Å². The van der Waals surface area contributed by atoms with Crippen molar-refractivity contribution in [2.75, 3.05) is 19.7 Å². The van der Waals surface area contributed by atoms with Gasteiger partial charge in [-0.3, -0.25) is 4.90 Å². The molecule has 1 N–H and O–H groups in total. The number of nitrogens with zero attached hydrogens (tertiary/aromatic N) is 3. The first-order chi connectivity index (χ1) is 10.2. The molecule has 1 aromatic heterocycles. The highest BCUT2D eigenvalue weighted by Gasteiger charge is 2.30. The molecule has 1 unspecified atom stereocenters. The lowest BCUT2D eigenvalue weighted by Crippen LogP contribution is -2.43. The fraction of sp³-hybridized carbons (Fsp3) is 0.471. The molecule has 1 aliphatic rings. The molecule has 21 heavy (non-hydrogen) atoms. The second-order valence-corrected chi connectivity index (χ2v) is 6.40. The second-order valence-electron chi connectivity index (χ2n) is 6.40. The van der Waals surface area contributed by atoms with Crippen molar-refractivity contribution in [3.8, 4) is 5.69 Å². The van der Waals surface area contributed by atoms with Crippen LogP contribution in [0, 0.1) is 5.41 Å². The minimum Gasteiger partial charge on any atom is -0.396 e. The lowest BCUT2D eigenvalue weighted by atomic mass is 9.82. The summed E-state index contributed by atoms with van der Waals surface area (Å²) < 4.78 is 1.87. The fourth-order valence-electron chi connectivity index (χ4n) is 3.13. The number of rotatable bonds is 4. The van der Waals surface area contributed by atoms with E-state index < -0.39 is 0 Å². The standard InChI is InChI=1S/C17H23N3O/c1-17(14-21)8-2-10-19(13-17)12-15-4-6-16(7-5-15)20-11-3-9-18-20/h3-7,9,11,21H,2,8,10,12-14H2,1H3. The number of hydrogen-bond donors (Lipinski definition) is 1. The first kappa shape index (κ1) is 14.3. The predicted octanol–water partition coefficient (Wildman–Crippen LogP) is 2.47. The third-order valence-corrected chi connectivity index (χ3v) is 4.35. The minimum atomic E-state index is 0.0627. The van der Waals surface area contributed by atoms with E-state index in [0.29, 0.717) is 0 Å². The van der Waals surface area contributed by atoms with Crippen LogP contribution in [-0.4, -0.2) is 39.5 Å². The van der Waals surface area contributed by atoms with Crippen molar-refractivity contribution in [1.29, 1.82) is 0 Å². The largest absolute Gasteiger partial charge is 0.396 e. The Labute approximate surface area is 126 Å². The zero-order valence-electron chi connectivity index (χ0n) is 12.6. The molecule has 4 heteroatoms. The molecular weight excluding hydrogens is 262 g/mol. The van der Waals surface area contributed by atoms with Crippen LogP contribution in [0.4, 0.5) is 0 Å². The summed E-state index contributed by atoms with van der Waals surface area (Å²) in [5.41, 5.74) is 2.46. The Hall–Kier alpha value is -1.65. The van der Waals surface area contributed by atoms with Crippen LogP contribution in [0.25, 0.3) is 5.69 Å². The van der Waals surface area contributed by atoms with Gasteiger partial charge in [-0.15, -0.1) is 0 Å². The summed E-state index contributed by atoms with van der Waals surface area (Å²) in [6, 6.07) is 10.5. The summed E-state index contributed by atoms with van der Waals surface area (Å²) >= 11 is 0. The van der Waals surface area contributed by atoms with Gasteiger partial charge in [-0.25, -0.2) is 4.68 Å². The van der Waals surface area contributed by atoms with Gasteiger partial charge in [0.1, 0.15) is 0 Å². The van der Waals surface area contributed by atoms with Crippen molar-refractivity contribution in [2.24, 2.45) is 5.41 Å². The van der Waals surface area contributed by atoms with Crippen molar-refractivity contribution in [2.45, 2.75) is 26.3 Å². The van der Waals surface area contributed by atoms with Gasteiger partial charge in [-0.1, -0.05) is 19.1 Å².